The van der Waals surface area contributed by atoms with Gasteiger partial charge in [0.2, 0.25) is 0 Å². The lowest BCUT2D eigenvalue weighted by Crippen LogP contribution is -2.28. The van der Waals surface area contributed by atoms with Crippen molar-refractivity contribution < 1.29 is 0 Å². The summed E-state index contributed by atoms with van der Waals surface area (Å²) in [6.45, 7) is 2.29. The molecule has 1 heterocycles. The van der Waals surface area contributed by atoms with E-state index >= 15 is 0 Å². The van der Waals surface area contributed by atoms with Crippen molar-refractivity contribution in [2.75, 3.05) is 0 Å². The van der Waals surface area contributed by atoms with E-state index in [0.717, 1.165) is 11.7 Å². The van der Waals surface area contributed by atoms with E-state index in [-0.39, 0.29) is 6.04 Å². The molecule has 0 bridgehead atoms. The quantitative estimate of drug-likeness (QED) is 0.852. The zero-order chi connectivity index (χ0) is 11.5. The van der Waals surface area contributed by atoms with Gasteiger partial charge in [0.05, 0.1) is 6.04 Å². The maximum Gasteiger partial charge on any atom is 0.125 e. The predicted molar refractivity (Wildman–Crippen MR) is 65.9 cm³/mol. The minimum Gasteiger partial charge on any atom is -0.337 e. The third-order valence-corrected chi connectivity index (χ3v) is 4.07. The van der Waals surface area contributed by atoms with E-state index in [0.29, 0.717) is 5.92 Å². The fourth-order valence-corrected chi connectivity index (χ4v) is 2.94. The summed E-state index contributed by atoms with van der Waals surface area (Å²) in [4.78, 5) is 4.38. The number of aryl methyl sites for hydroxylation is 1. The van der Waals surface area contributed by atoms with Crippen LogP contribution in [0.5, 0.6) is 0 Å². The zero-order valence-corrected chi connectivity index (χ0v) is 10.4. The molecule has 1 aromatic heterocycles. The van der Waals surface area contributed by atoms with Crippen molar-refractivity contribution in [3.63, 3.8) is 0 Å². The van der Waals surface area contributed by atoms with E-state index in [1.807, 2.05) is 19.4 Å². The van der Waals surface area contributed by atoms with E-state index in [1.165, 1.54) is 32.1 Å². The van der Waals surface area contributed by atoms with Crippen molar-refractivity contribution in [2.45, 2.75) is 45.1 Å². The highest BCUT2D eigenvalue weighted by atomic mass is 15.1. The van der Waals surface area contributed by atoms with Gasteiger partial charge in [0.25, 0.3) is 0 Å². The zero-order valence-electron chi connectivity index (χ0n) is 10.4. The Kier molecular flexibility index (Phi) is 3.64. The average Bonchev–Trinajstić information content (AvgIpc) is 2.74. The van der Waals surface area contributed by atoms with Crippen LogP contribution in [0.2, 0.25) is 0 Å². The molecule has 2 N–H and O–H groups in total. The van der Waals surface area contributed by atoms with E-state index in [4.69, 9.17) is 5.73 Å². The topological polar surface area (TPSA) is 43.8 Å². The van der Waals surface area contributed by atoms with E-state index in [9.17, 15) is 0 Å². The second-order valence-electron chi connectivity index (χ2n) is 5.12. The van der Waals surface area contributed by atoms with Crippen molar-refractivity contribution in [3.05, 3.63) is 18.2 Å². The Morgan fingerprint density at radius 1 is 1.56 bits per heavy atom. The van der Waals surface area contributed by atoms with Gasteiger partial charge >= 0.3 is 0 Å². The van der Waals surface area contributed by atoms with Crippen molar-refractivity contribution in [2.24, 2.45) is 24.6 Å². The van der Waals surface area contributed by atoms with Crippen LogP contribution >= 0.6 is 0 Å². The number of aromatic nitrogens is 2. The van der Waals surface area contributed by atoms with Gasteiger partial charge in [-0.1, -0.05) is 26.2 Å². The van der Waals surface area contributed by atoms with Crippen LogP contribution in [-0.4, -0.2) is 9.55 Å². The molecule has 0 radical (unpaired) electrons. The molecular weight excluding hydrogens is 198 g/mol. The molecule has 0 aromatic carbocycles. The van der Waals surface area contributed by atoms with E-state index in [1.54, 1.807) is 0 Å². The number of hydrogen-bond acceptors (Lipinski definition) is 2. The highest BCUT2D eigenvalue weighted by Crippen LogP contribution is 2.36. The van der Waals surface area contributed by atoms with Gasteiger partial charge in [-0.05, 0) is 24.7 Å². The van der Waals surface area contributed by atoms with E-state index in [2.05, 4.69) is 16.5 Å². The van der Waals surface area contributed by atoms with Gasteiger partial charge in [0.15, 0.2) is 0 Å². The minimum atomic E-state index is 0.120. The van der Waals surface area contributed by atoms with Gasteiger partial charge in [0.1, 0.15) is 5.82 Å². The van der Waals surface area contributed by atoms with Gasteiger partial charge in [0, 0.05) is 19.4 Å². The van der Waals surface area contributed by atoms with Crippen LogP contribution in [0.25, 0.3) is 0 Å². The summed E-state index contributed by atoms with van der Waals surface area (Å²) >= 11 is 0. The predicted octanol–water partition coefficient (Wildman–Crippen LogP) is 2.64. The molecule has 1 fully saturated rings. The molecule has 3 heteroatoms. The summed E-state index contributed by atoms with van der Waals surface area (Å²) in [6.07, 6.45) is 10.4. The Bertz CT molecular complexity index is 332. The Morgan fingerprint density at radius 3 is 3.00 bits per heavy atom. The maximum absolute atomic E-state index is 6.35. The Hall–Kier alpha value is -0.830. The third-order valence-electron chi connectivity index (χ3n) is 4.07. The van der Waals surface area contributed by atoms with Crippen LogP contribution < -0.4 is 5.73 Å². The molecule has 0 aliphatic heterocycles. The molecule has 1 aliphatic rings. The van der Waals surface area contributed by atoms with Crippen molar-refractivity contribution >= 4 is 0 Å². The number of imidazole rings is 1. The number of rotatable bonds is 3. The molecule has 1 aliphatic carbocycles. The summed E-state index contributed by atoms with van der Waals surface area (Å²) in [5, 5.41) is 0. The molecule has 16 heavy (non-hydrogen) atoms. The minimum absolute atomic E-state index is 0.120. The normalized spacial score (nSPS) is 27.9. The second-order valence-corrected chi connectivity index (χ2v) is 5.12. The SMILES string of the molecule is CCC1CCCC(C(N)c2nccn2C)C1. The first kappa shape index (κ1) is 11.6. The first-order valence-electron chi connectivity index (χ1n) is 6.45. The largest absolute Gasteiger partial charge is 0.337 e. The number of nitrogens with zero attached hydrogens (tertiary/aromatic N) is 2. The molecule has 0 amide bonds. The van der Waals surface area contributed by atoms with Crippen LogP contribution in [0.3, 0.4) is 0 Å². The summed E-state index contributed by atoms with van der Waals surface area (Å²) in [7, 11) is 2.03. The Morgan fingerprint density at radius 2 is 2.38 bits per heavy atom. The van der Waals surface area contributed by atoms with Crippen LogP contribution in [0.15, 0.2) is 12.4 Å². The van der Waals surface area contributed by atoms with Crippen LogP contribution in [0.1, 0.15) is 50.9 Å². The molecule has 1 saturated carbocycles. The number of hydrogen-bond donors (Lipinski definition) is 1. The lowest BCUT2D eigenvalue weighted by Gasteiger charge is -2.32. The van der Waals surface area contributed by atoms with Gasteiger partial charge in [-0.2, -0.15) is 0 Å². The van der Waals surface area contributed by atoms with Gasteiger partial charge in [-0.3, -0.25) is 0 Å². The molecule has 1 aromatic rings. The maximum atomic E-state index is 6.35. The molecular formula is C13H23N3. The molecule has 3 atom stereocenters. The van der Waals surface area contributed by atoms with E-state index < -0.39 is 0 Å². The van der Waals surface area contributed by atoms with Crippen LogP contribution in [0.4, 0.5) is 0 Å². The first-order valence-corrected chi connectivity index (χ1v) is 6.45. The van der Waals surface area contributed by atoms with Crippen molar-refractivity contribution in [1.82, 2.24) is 9.55 Å². The molecule has 0 spiro atoms. The summed E-state index contributed by atoms with van der Waals surface area (Å²) in [5.74, 6) is 2.55. The number of nitrogens with two attached hydrogens (primary N) is 1. The van der Waals surface area contributed by atoms with Crippen LogP contribution in [-0.2, 0) is 7.05 Å². The summed E-state index contributed by atoms with van der Waals surface area (Å²) in [6, 6.07) is 0.120. The average molecular weight is 221 g/mol. The lowest BCUT2D eigenvalue weighted by molar-refractivity contribution is 0.224. The van der Waals surface area contributed by atoms with Gasteiger partial charge in [-0.25, -0.2) is 4.98 Å². The first-order chi connectivity index (χ1) is 7.72. The fourth-order valence-electron chi connectivity index (χ4n) is 2.94. The molecule has 0 saturated heterocycles. The smallest absolute Gasteiger partial charge is 0.125 e. The van der Waals surface area contributed by atoms with Crippen molar-refractivity contribution in [1.29, 1.82) is 0 Å². The second kappa shape index (κ2) is 5.00. The molecule has 3 unspecified atom stereocenters. The summed E-state index contributed by atoms with van der Waals surface area (Å²) in [5.41, 5.74) is 6.35. The molecule has 3 nitrogen and oxygen atoms in total. The molecule has 2 rings (SSSR count). The third kappa shape index (κ3) is 2.29. The van der Waals surface area contributed by atoms with Crippen LogP contribution in [0, 0.1) is 11.8 Å². The highest BCUT2D eigenvalue weighted by molar-refractivity contribution is 5.00. The highest BCUT2D eigenvalue weighted by Gasteiger charge is 2.28. The standard InChI is InChI=1S/C13H23N3/c1-3-10-5-4-6-11(9-10)12(14)13-15-7-8-16(13)2/h7-8,10-12H,3-6,9,14H2,1-2H3. The van der Waals surface area contributed by atoms with Gasteiger partial charge in [-0.15, -0.1) is 0 Å². The lowest BCUT2D eigenvalue weighted by atomic mass is 9.77. The molecule has 90 valence electrons. The van der Waals surface area contributed by atoms with Gasteiger partial charge < -0.3 is 10.3 Å². The van der Waals surface area contributed by atoms with Crippen molar-refractivity contribution in [3.8, 4) is 0 Å². The monoisotopic (exact) mass is 221 g/mol. The Balaban J connectivity index is 2.04. The Labute approximate surface area is 98.1 Å². The summed E-state index contributed by atoms with van der Waals surface area (Å²) < 4.78 is 2.06. The fraction of sp³-hybridized carbons (Fsp3) is 0.769.